The van der Waals surface area contributed by atoms with Crippen molar-refractivity contribution in [2.24, 2.45) is 0 Å². The number of nitrogens with zero attached hydrogens (tertiary/aromatic N) is 1. The highest BCUT2D eigenvalue weighted by Crippen LogP contribution is 2.08. The molecule has 0 aliphatic rings. The van der Waals surface area contributed by atoms with Crippen LogP contribution in [-0.4, -0.2) is 24.5 Å². The van der Waals surface area contributed by atoms with E-state index in [-0.39, 0.29) is 5.82 Å². The zero-order chi connectivity index (χ0) is 14.4. The molecule has 0 spiro atoms. The van der Waals surface area contributed by atoms with Crippen LogP contribution in [0.3, 0.4) is 0 Å². The third-order valence-corrected chi connectivity index (χ3v) is 3.42. The number of benzene rings is 1. The van der Waals surface area contributed by atoms with Gasteiger partial charge < -0.3 is 9.73 Å². The first kappa shape index (κ1) is 14.8. The van der Waals surface area contributed by atoms with Crippen molar-refractivity contribution in [2.45, 2.75) is 26.1 Å². The second kappa shape index (κ2) is 7.22. The minimum atomic E-state index is -0.190. The van der Waals surface area contributed by atoms with Crippen molar-refractivity contribution in [3.8, 4) is 0 Å². The van der Waals surface area contributed by atoms with Gasteiger partial charge in [-0.05, 0) is 43.8 Å². The van der Waals surface area contributed by atoms with E-state index in [0.717, 1.165) is 31.0 Å². The van der Waals surface area contributed by atoms with Gasteiger partial charge in [-0.3, -0.25) is 4.90 Å². The average Bonchev–Trinajstić information content (AvgIpc) is 2.94. The van der Waals surface area contributed by atoms with Crippen LogP contribution < -0.4 is 5.32 Å². The van der Waals surface area contributed by atoms with E-state index < -0.39 is 0 Å². The van der Waals surface area contributed by atoms with Crippen LogP contribution in [0.1, 0.15) is 18.2 Å². The largest absolute Gasteiger partial charge is 0.468 e. The summed E-state index contributed by atoms with van der Waals surface area (Å²) in [6.07, 6.45) is 1.68. The molecule has 4 heteroatoms. The Kier molecular flexibility index (Phi) is 5.32. The van der Waals surface area contributed by atoms with Gasteiger partial charge in [0.15, 0.2) is 0 Å². The predicted molar refractivity (Wildman–Crippen MR) is 77.7 cm³/mol. The lowest BCUT2D eigenvalue weighted by Crippen LogP contribution is -2.37. The molecule has 108 valence electrons. The van der Waals surface area contributed by atoms with Gasteiger partial charge in [-0.15, -0.1) is 0 Å². The topological polar surface area (TPSA) is 28.4 Å². The van der Waals surface area contributed by atoms with Crippen LogP contribution in [0, 0.1) is 5.82 Å². The number of hydrogen-bond donors (Lipinski definition) is 1. The molecule has 0 saturated heterocycles. The van der Waals surface area contributed by atoms with E-state index in [1.807, 2.05) is 24.3 Å². The highest BCUT2D eigenvalue weighted by atomic mass is 19.1. The fourth-order valence-corrected chi connectivity index (χ4v) is 2.01. The van der Waals surface area contributed by atoms with Crippen molar-refractivity contribution in [2.75, 3.05) is 13.6 Å². The fraction of sp³-hybridized carbons (Fsp3) is 0.375. The first-order valence-electron chi connectivity index (χ1n) is 6.83. The van der Waals surface area contributed by atoms with Gasteiger partial charge in [-0.1, -0.05) is 12.1 Å². The van der Waals surface area contributed by atoms with Crippen molar-refractivity contribution in [1.82, 2.24) is 10.2 Å². The maximum absolute atomic E-state index is 12.9. The number of likely N-dealkylation sites (N-methyl/N-ethyl adjacent to an activating group) is 1. The maximum Gasteiger partial charge on any atom is 0.123 e. The van der Waals surface area contributed by atoms with Gasteiger partial charge in [0.2, 0.25) is 0 Å². The molecule has 1 aromatic heterocycles. The number of nitrogens with one attached hydrogen (secondary N) is 1. The fourth-order valence-electron chi connectivity index (χ4n) is 2.01. The Morgan fingerprint density at radius 2 is 2.00 bits per heavy atom. The van der Waals surface area contributed by atoms with E-state index in [4.69, 9.17) is 4.42 Å². The standard InChI is InChI=1S/C16H21FN2O/c1-13(10-18-11-16-4-3-9-20-16)19(2)12-14-5-7-15(17)8-6-14/h3-9,13,18H,10-12H2,1-2H3. The van der Waals surface area contributed by atoms with Gasteiger partial charge in [0, 0.05) is 19.1 Å². The van der Waals surface area contributed by atoms with Crippen LogP contribution in [0.5, 0.6) is 0 Å². The van der Waals surface area contributed by atoms with Crippen LogP contribution in [0.4, 0.5) is 4.39 Å². The van der Waals surface area contributed by atoms with E-state index in [9.17, 15) is 4.39 Å². The summed E-state index contributed by atoms with van der Waals surface area (Å²) in [7, 11) is 2.07. The van der Waals surface area contributed by atoms with Gasteiger partial charge in [-0.25, -0.2) is 4.39 Å². The summed E-state index contributed by atoms with van der Waals surface area (Å²) in [4.78, 5) is 2.24. The van der Waals surface area contributed by atoms with Crippen molar-refractivity contribution < 1.29 is 8.81 Å². The Labute approximate surface area is 119 Å². The quantitative estimate of drug-likeness (QED) is 0.842. The molecule has 1 atom stereocenters. The molecule has 3 nitrogen and oxygen atoms in total. The lowest BCUT2D eigenvalue weighted by molar-refractivity contribution is 0.241. The van der Waals surface area contributed by atoms with Crippen LogP contribution in [0.15, 0.2) is 47.1 Å². The summed E-state index contributed by atoms with van der Waals surface area (Å²) in [5.74, 6) is 0.753. The van der Waals surface area contributed by atoms with E-state index in [1.165, 1.54) is 12.1 Å². The molecule has 0 aliphatic carbocycles. The van der Waals surface area contributed by atoms with Gasteiger partial charge in [0.05, 0.1) is 12.8 Å². The number of halogens is 1. The molecular weight excluding hydrogens is 255 g/mol. The average molecular weight is 276 g/mol. The van der Waals surface area contributed by atoms with Gasteiger partial charge in [-0.2, -0.15) is 0 Å². The summed E-state index contributed by atoms with van der Waals surface area (Å²) in [5.41, 5.74) is 1.12. The van der Waals surface area contributed by atoms with Crippen LogP contribution in [0.25, 0.3) is 0 Å². The molecule has 0 amide bonds. The normalized spacial score (nSPS) is 12.8. The second-order valence-electron chi connectivity index (χ2n) is 5.10. The molecule has 20 heavy (non-hydrogen) atoms. The van der Waals surface area contributed by atoms with E-state index in [2.05, 4.69) is 24.2 Å². The molecule has 1 N–H and O–H groups in total. The Morgan fingerprint density at radius 3 is 2.65 bits per heavy atom. The molecule has 1 heterocycles. The minimum Gasteiger partial charge on any atom is -0.468 e. The van der Waals surface area contributed by atoms with Crippen LogP contribution in [-0.2, 0) is 13.1 Å². The van der Waals surface area contributed by atoms with E-state index in [1.54, 1.807) is 6.26 Å². The second-order valence-corrected chi connectivity index (χ2v) is 5.10. The summed E-state index contributed by atoms with van der Waals surface area (Å²) in [5, 5.41) is 3.37. The first-order valence-corrected chi connectivity index (χ1v) is 6.83. The molecule has 0 aliphatic heterocycles. The maximum atomic E-state index is 12.9. The molecule has 0 bridgehead atoms. The van der Waals surface area contributed by atoms with Crippen LogP contribution >= 0.6 is 0 Å². The van der Waals surface area contributed by atoms with Crippen molar-refractivity contribution in [3.63, 3.8) is 0 Å². The predicted octanol–water partition coefficient (Wildman–Crippen LogP) is 3.03. The lowest BCUT2D eigenvalue weighted by Gasteiger charge is -2.25. The Hall–Kier alpha value is -1.65. The zero-order valence-electron chi connectivity index (χ0n) is 12.0. The summed E-state index contributed by atoms with van der Waals surface area (Å²) >= 11 is 0. The van der Waals surface area contributed by atoms with Gasteiger partial charge in [0.1, 0.15) is 11.6 Å². The summed E-state index contributed by atoms with van der Waals surface area (Å²) < 4.78 is 18.1. The highest BCUT2D eigenvalue weighted by molar-refractivity contribution is 5.15. The summed E-state index contributed by atoms with van der Waals surface area (Å²) in [6.45, 7) is 4.59. The van der Waals surface area contributed by atoms with Gasteiger partial charge >= 0.3 is 0 Å². The lowest BCUT2D eigenvalue weighted by atomic mass is 10.2. The molecule has 2 rings (SSSR count). The minimum absolute atomic E-state index is 0.190. The smallest absolute Gasteiger partial charge is 0.123 e. The Balaban J connectivity index is 1.73. The van der Waals surface area contributed by atoms with Crippen LogP contribution in [0.2, 0.25) is 0 Å². The number of hydrogen-bond acceptors (Lipinski definition) is 3. The summed E-state index contributed by atoms with van der Waals surface area (Å²) in [6, 6.07) is 10.9. The first-order chi connectivity index (χ1) is 9.65. The van der Waals surface area contributed by atoms with Gasteiger partial charge in [0.25, 0.3) is 0 Å². The molecule has 0 saturated carbocycles. The number of rotatable bonds is 7. The molecule has 0 fully saturated rings. The third-order valence-electron chi connectivity index (χ3n) is 3.42. The molecule has 2 aromatic rings. The number of furan rings is 1. The Bertz CT molecular complexity index is 496. The third kappa shape index (κ3) is 4.47. The van der Waals surface area contributed by atoms with Crippen molar-refractivity contribution >= 4 is 0 Å². The van der Waals surface area contributed by atoms with E-state index >= 15 is 0 Å². The molecule has 0 radical (unpaired) electrons. The monoisotopic (exact) mass is 276 g/mol. The van der Waals surface area contributed by atoms with E-state index in [0.29, 0.717) is 6.04 Å². The SMILES string of the molecule is CC(CNCc1ccco1)N(C)Cc1ccc(F)cc1. The highest BCUT2D eigenvalue weighted by Gasteiger charge is 2.09. The molecular formula is C16H21FN2O. The zero-order valence-corrected chi connectivity index (χ0v) is 12.0. The molecule has 1 aromatic carbocycles. The van der Waals surface area contributed by atoms with Crippen molar-refractivity contribution in [1.29, 1.82) is 0 Å². The molecule has 1 unspecified atom stereocenters. The van der Waals surface area contributed by atoms with Crippen molar-refractivity contribution in [3.05, 3.63) is 59.8 Å². The Morgan fingerprint density at radius 1 is 1.25 bits per heavy atom.